The summed E-state index contributed by atoms with van der Waals surface area (Å²) in [7, 11) is 0. The molecule has 0 aliphatic heterocycles. The van der Waals surface area contributed by atoms with Crippen LogP contribution in [0, 0.1) is 0 Å². The number of fused-ring (bicyclic) bond motifs is 1. The van der Waals surface area contributed by atoms with Gasteiger partial charge in [0, 0.05) is 41.0 Å². The molecular weight excluding hydrogens is 450 g/mol. The molecule has 1 amide bonds. The molecule has 1 saturated carbocycles. The molecule has 0 saturated heterocycles. The van der Waals surface area contributed by atoms with Gasteiger partial charge in [0.2, 0.25) is 5.91 Å². The van der Waals surface area contributed by atoms with E-state index in [9.17, 15) is 4.79 Å². The number of nitrogens with one attached hydrogen (secondary N) is 2. The van der Waals surface area contributed by atoms with E-state index < -0.39 is 0 Å². The molecule has 3 heterocycles. The summed E-state index contributed by atoms with van der Waals surface area (Å²) in [4.78, 5) is 17.2. The molecule has 4 aromatic rings. The van der Waals surface area contributed by atoms with E-state index in [4.69, 9.17) is 0 Å². The molecule has 0 radical (unpaired) electrons. The van der Waals surface area contributed by atoms with E-state index in [-0.39, 0.29) is 5.91 Å². The highest BCUT2D eigenvalue weighted by atomic mass is 32.2. The normalized spacial score (nSPS) is 14.7. The Labute approximate surface area is 202 Å². The summed E-state index contributed by atoms with van der Waals surface area (Å²) in [6.45, 7) is 0.625. The smallest absolute Gasteiger partial charge is 0.230 e. The minimum atomic E-state index is 0.0397. The van der Waals surface area contributed by atoms with Crippen molar-refractivity contribution in [3.05, 3.63) is 64.2 Å². The van der Waals surface area contributed by atoms with Gasteiger partial charge in [-0.05, 0) is 42.3 Å². The topological polar surface area (TPSA) is 75.6 Å². The van der Waals surface area contributed by atoms with Gasteiger partial charge < -0.3 is 14.9 Å². The molecule has 8 heteroatoms. The molecule has 1 aliphatic carbocycles. The number of nitrogens with zero attached hydrogens (tertiary/aromatic N) is 3. The van der Waals surface area contributed by atoms with Gasteiger partial charge in [-0.2, -0.15) is 0 Å². The second kappa shape index (κ2) is 10.6. The van der Waals surface area contributed by atoms with Gasteiger partial charge in [0.1, 0.15) is 5.82 Å². The Morgan fingerprint density at radius 1 is 1.15 bits per heavy atom. The Balaban J connectivity index is 1.19. The lowest BCUT2D eigenvalue weighted by Gasteiger charge is -2.25. The number of benzene rings is 1. The van der Waals surface area contributed by atoms with Crippen molar-refractivity contribution in [2.75, 3.05) is 12.3 Å². The molecule has 6 nitrogen and oxygen atoms in total. The maximum atomic E-state index is 12.6. The Morgan fingerprint density at radius 3 is 2.88 bits per heavy atom. The summed E-state index contributed by atoms with van der Waals surface area (Å²) in [5, 5.41) is 16.3. The van der Waals surface area contributed by atoms with Crippen LogP contribution in [0.4, 0.5) is 0 Å². The maximum absolute atomic E-state index is 12.6. The number of amides is 1. The standard InChI is InChI=1S/C25H29N5OS2/c31-24(26-13-12-18-16-27-22-11-5-4-10-21(18)22)17-33-25-29-28-23(15-20-9-6-14-32-20)30(25)19-7-2-1-3-8-19/h4-6,9-11,14,16,19,27H,1-3,7-8,12-13,15,17H2,(H,26,31). The number of carbonyl (C=O) groups excluding carboxylic acids is 1. The highest BCUT2D eigenvalue weighted by Gasteiger charge is 2.23. The first-order chi connectivity index (χ1) is 16.3. The first-order valence-electron chi connectivity index (χ1n) is 11.7. The number of thioether (sulfide) groups is 1. The zero-order chi connectivity index (χ0) is 22.5. The monoisotopic (exact) mass is 479 g/mol. The van der Waals surface area contributed by atoms with Crippen LogP contribution in [-0.2, 0) is 17.6 Å². The third kappa shape index (κ3) is 5.33. The molecule has 1 fully saturated rings. The summed E-state index contributed by atoms with van der Waals surface area (Å²) in [5.41, 5.74) is 2.36. The fourth-order valence-corrected chi connectivity index (χ4v) is 6.21. The highest BCUT2D eigenvalue weighted by molar-refractivity contribution is 7.99. The number of para-hydroxylation sites is 1. The average molecular weight is 480 g/mol. The van der Waals surface area contributed by atoms with Crippen molar-refractivity contribution in [1.29, 1.82) is 0 Å². The summed E-state index contributed by atoms with van der Waals surface area (Å²) >= 11 is 3.26. The van der Waals surface area contributed by atoms with Crippen molar-refractivity contribution >= 4 is 39.9 Å². The van der Waals surface area contributed by atoms with Crippen LogP contribution in [0.25, 0.3) is 10.9 Å². The molecule has 172 valence electrons. The Kier molecular flexibility index (Phi) is 7.12. The van der Waals surface area contributed by atoms with E-state index in [0.29, 0.717) is 18.3 Å². The number of hydrogen-bond acceptors (Lipinski definition) is 5. The van der Waals surface area contributed by atoms with Crippen LogP contribution >= 0.6 is 23.1 Å². The van der Waals surface area contributed by atoms with Gasteiger partial charge in [0.05, 0.1) is 5.75 Å². The fraction of sp³-hybridized carbons (Fsp3) is 0.400. The number of carbonyl (C=O) groups is 1. The van der Waals surface area contributed by atoms with Crippen LogP contribution in [0.2, 0.25) is 0 Å². The van der Waals surface area contributed by atoms with Crippen LogP contribution in [-0.4, -0.2) is 38.0 Å². The SMILES string of the molecule is O=C(CSc1nnc(Cc2cccs2)n1C1CCCCC1)NCCc1c[nH]c2ccccc12. The van der Waals surface area contributed by atoms with Crippen LogP contribution in [0.5, 0.6) is 0 Å². The molecule has 3 aromatic heterocycles. The minimum Gasteiger partial charge on any atom is -0.361 e. The number of hydrogen-bond donors (Lipinski definition) is 2. The Bertz CT molecular complexity index is 1190. The summed E-state index contributed by atoms with van der Waals surface area (Å²) in [6, 6.07) is 12.9. The molecule has 33 heavy (non-hydrogen) atoms. The lowest BCUT2D eigenvalue weighted by molar-refractivity contribution is -0.118. The second-order valence-corrected chi connectivity index (χ2v) is 10.5. The second-order valence-electron chi connectivity index (χ2n) is 8.56. The number of aromatic amines is 1. The van der Waals surface area contributed by atoms with E-state index in [1.807, 2.05) is 18.3 Å². The van der Waals surface area contributed by atoms with Crippen LogP contribution in [0.15, 0.2) is 53.1 Å². The molecule has 1 aliphatic rings. The molecule has 0 spiro atoms. The number of H-pyrrole nitrogens is 1. The third-order valence-electron chi connectivity index (χ3n) is 6.31. The molecule has 0 atom stereocenters. The first-order valence-corrected chi connectivity index (χ1v) is 13.5. The lowest BCUT2D eigenvalue weighted by Crippen LogP contribution is -2.27. The first kappa shape index (κ1) is 22.2. The fourth-order valence-electron chi connectivity index (χ4n) is 4.66. The van der Waals surface area contributed by atoms with Crippen LogP contribution < -0.4 is 5.32 Å². The Hall–Kier alpha value is -2.58. The van der Waals surface area contributed by atoms with Crippen LogP contribution in [0.3, 0.4) is 0 Å². The van der Waals surface area contributed by atoms with Gasteiger partial charge in [-0.1, -0.05) is 55.3 Å². The molecule has 1 aromatic carbocycles. The van der Waals surface area contributed by atoms with E-state index in [0.717, 1.165) is 29.3 Å². The summed E-state index contributed by atoms with van der Waals surface area (Å²) in [6.07, 6.45) is 9.79. The van der Waals surface area contributed by atoms with E-state index >= 15 is 0 Å². The highest BCUT2D eigenvalue weighted by Crippen LogP contribution is 2.33. The predicted octanol–water partition coefficient (Wildman–Crippen LogP) is 5.37. The van der Waals surface area contributed by atoms with Gasteiger partial charge in [-0.3, -0.25) is 4.79 Å². The summed E-state index contributed by atoms with van der Waals surface area (Å²) < 4.78 is 2.32. The van der Waals surface area contributed by atoms with Gasteiger partial charge in [-0.15, -0.1) is 21.5 Å². The van der Waals surface area contributed by atoms with Crippen molar-refractivity contribution in [3.8, 4) is 0 Å². The van der Waals surface area contributed by atoms with Gasteiger partial charge in [0.25, 0.3) is 0 Å². The van der Waals surface area contributed by atoms with Crippen molar-refractivity contribution in [2.24, 2.45) is 0 Å². The van der Waals surface area contributed by atoms with Crippen molar-refractivity contribution in [2.45, 2.75) is 56.1 Å². The van der Waals surface area contributed by atoms with Gasteiger partial charge in [0.15, 0.2) is 5.16 Å². The summed E-state index contributed by atoms with van der Waals surface area (Å²) in [5.74, 6) is 1.42. The molecule has 2 N–H and O–H groups in total. The van der Waals surface area contributed by atoms with Gasteiger partial charge in [-0.25, -0.2) is 0 Å². The predicted molar refractivity (Wildman–Crippen MR) is 135 cm³/mol. The van der Waals surface area contributed by atoms with Crippen molar-refractivity contribution < 1.29 is 4.79 Å². The average Bonchev–Trinajstić information content (AvgIpc) is 3.59. The molecule has 0 unspecified atom stereocenters. The molecular formula is C25H29N5OS2. The molecule has 0 bridgehead atoms. The zero-order valence-electron chi connectivity index (χ0n) is 18.6. The Morgan fingerprint density at radius 2 is 2.03 bits per heavy atom. The molecule has 5 rings (SSSR count). The van der Waals surface area contributed by atoms with Crippen molar-refractivity contribution in [3.63, 3.8) is 0 Å². The van der Waals surface area contributed by atoms with E-state index in [2.05, 4.69) is 54.7 Å². The van der Waals surface area contributed by atoms with Crippen LogP contribution in [0.1, 0.15) is 54.4 Å². The van der Waals surface area contributed by atoms with E-state index in [1.54, 1.807) is 11.3 Å². The maximum Gasteiger partial charge on any atom is 0.230 e. The largest absolute Gasteiger partial charge is 0.361 e. The van der Waals surface area contributed by atoms with Gasteiger partial charge >= 0.3 is 0 Å². The zero-order valence-corrected chi connectivity index (χ0v) is 20.3. The number of thiophene rings is 1. The quantitative estimate of drug-likeness (QED) is 0.317. The minimum absolute atomic E-state index is 0.0397. The van der Waals surface area contributed by atoms with Crippen molar-refractivity contribution in [1.82, 2.24) is 25.1 Å². The third-order valence-corrected chi connectivity index (χ3v) is 8.13. The number of rotatable bonds is 9. The van der Waals surface area contributed by atoms with E-state index in [1.165, 1.54) is 59.7 Å². The lowest BCUT2D eigenvalue weighted by atomic mass is 9.95. The number of aromatic nitrogens is 4.